The number of carbonyl (C=O) groups is 2. The van der Waals surface area contributed by atoms with E-state index in [2.05, 4.69) is 20.5 Å². The van der Waals surface area contributed by atoms with E-state index < -0.39 is 23.9 Å². The lowest BCUT2D eigenvalue weighted by Crippen LogP contribution is -2.34. The van der Waals surface area contributed by atoms with Crippen molar-refractivity contribution in [2.24, 2.45) is 0 Å². The van der Waals surface area contributed by atoms with Crippen LogP contribution in [0.4, 0.5) is 20.7 Å². The first-order valence-corrected chi connectivity index (χ1v) is 11.2. The van der Waals surface area contributed by atoms with Crippen LogP contribution in [-0.4, -0.2) is 36.7 Å². The Labute approximate surface area is 191 Å². The first-order valence-electron chi connectivity index (χ1n) is 11.2. The van der Waals surface area contributed by atoms with Crippen molar-refractivity contribution in [3.8, 4) is 0 Å². The van der Waals surface area contributed by atoms with Crippen molar-refractivity contribution in [2.45, 2.75) is 32.2 Å². The SMILES string of the molecule is CCOC(=O)C[C@H](NC(=O)Nc1cc(F)c2nc(N3CCCC3)ccc2c1)c1ccccc1. The highest BCUT2D eigenvalue weighted by Crippen LogP contribution is 2.26. The average molecular weight is 451 g/mol. The molecule has 172 valence electrons. The summed E-state index contributed by atoms with van der Waals surface area (Å²) in [5.74, 6) is -0.153. The molecule has 7 nitrogen and oxygen atoms in total. The molecule has 33 heavy (non-hydrogen) atoms. The predicted molar refractivity (Wildman–Crippen MR) is 126 cm³/mol. The van der Waals surface area contributed by atoms with Crippen LogP contribution in [0.25, 0.3) is 10.9 Å². The van der Waals surface area contributed by atoms with Crippen LogP contribution in [0.3, 0.4) is 0 Å². The molecule has 2 aromatic carbocycles. The number of nitrogens with zero attached hydrogens (tertiary/aromatic N) is 2. The molecule has 1 fully saturated rings. The maximum absolute atomic E-state index is 14.8. The van der Waals surface area contributed by atoms with E-state index in [1.54, 1.807) is 13.0 Å². The van der Waals surface area contributed by atoms with Gasteiger partial charge in [0.15, 0.2) is 5.82 Å². The van der Waals surface area contributed by atoms with Gasteiger partial charge < -0.3 is 20.3 Å². The minimum Gasteiger partial charge on any atom is -0.466 e. The van der Waals surface area contributed by atoms with Gasteiger partial charge in [0.2, 0.25) is 0 Å². The van der Waals surface area contributed by atoms with Gasteiger partial charge >= 0.3 is 12.0 Å². The molecule has 0 unspecified atom stereocenters. The summed E-state index contributed by atoms with van der Waals surface area (Å²) >= 11 is 0. The van der Waals surface area contributed by atoms with E-state index >= 15 is 0 Å². The second-order valence-electron chi connectivity index (χ2n) is 7.96. The van der Waals surface area contributed by atoms with Crippen LogP contribution in [0.2, 0.25) is 0 Å². The molecular weight excluding hydrogens is 423 g/mol. The van der Waals surface area contributed by atoms with Crippen LogP contribution in [-0.2, 0) is 9.53 Å². The van der Waals surface area contributed by atoms with Gasteiger partial charge in [-0.25, -0.2) is 14.2 Å². The number of anilines is 2. The van der Waals surface area contributed by atoms with Gasteiger partial charge in [0.05, 0.1) is 19.1 Å². The number of nitrogens with one attached hydrogen (secondary N) is 2. The minimum atomic E-state index is -0.583. The number of benzene rings is 2. The van der Waals surface area contributed by atoms with Crippen LogP contribution in [0.1, 0.15) is 37.8 Å². The molecule has 1 aliphatic heterocycles. The van der Waals surface area contributed by atoms with Crippen LogP contribution >= 0.6 is 0 Å². The lowest BCUT2D eigenvalue weighted by atomic mass is 10.0. The molecule has 8 heteroatoms. The monoisotopic (exact) mass is 450 g/mol. The number of carbonyl (C=O) groups excluding carboxylic acids is 2. The number of ether oxygens (including phenoxy) is 1. The number of rotatable bonds is 7. The van der Waals surface area contributed by atoms with Crippen molar-refractivity contribution in [3.05, 3.63) is 66.0 Å². The molecule has 0 bridgehead atoms. The Morgan fingerprint density at radius 1 is 1.12 bits per heavy atom. The van der Waals surface area contributed by atoms with E-state index in [4.69, 9.17) is 4.74 Å². The van der Waals surface area contributed by atoms with Crippen LogP contribution in [0, 0.1) is 5.82 Å². The van der Waals surface area contributed by atoms with Crippen molar-refractivity contribution in [1.29, 1.82) is 0 Å². The van der Waals surface area contributed by atoms with E-state index in [1.807, 2.05) is 42.5 Å². The minimum absolute atomic E-state index is 0.0133. The van der Waals surface area contributed by atoms with Crippen molar-refractivity contribution < 1.29 is 18.7 Å². The number of fused-ring (bicyclic) bond motifs is 1. The highest BCUT2D eigenvalue weighted by atomic mass is 19.1. The quantitative estimate of drug-likeness (QED) is 0.506. The Bertz CT molecular complexity index is 1130. The first-order chi connectivity index (χ1) is 16.0. The third-order valence-corrected chi connectivity index (χ3v) is 5.60. The van der Waals surface area contributed by atoms with Crippen molar-refractivity contribution >= 4 is 34.4 Å². The van der Waals surface area contributed by atoms with Gasteiger partial charge in [-0.2, -0.15) is 0 Å². The molecule has 2 amide bonds. The van der Waals surface area contributed by atoms with Crippen LogP contribution in [0.15, 0.2) is 54.6 Å². The Morgan fingerprint density at radius 3 is 2.61 bits per heavy atom. The summed E-state index contributed by atoms with van der Waals surface area (Å²) in [6, 6.07) is 14.7. The third kappa shape index (κ3) is 5.58. The summed E-state index contributed by atoms with van der Waals surface area (Å²) in [6.07, 6.45) is 2.21. The largest absolute Gasteiger partial charge is 0.466 e. The lowest BCUT2D eigenvalue weighted by molar-refractivity contribution is -0.143. The second-order valence-corrected chi connectivity index (χ2v) is 7.96. The molecule has 1 aromatic heterocycles. The van der Waals surface area contributed by atoms with Gasteiger partial charge in [0.1, 0.15) is 11.3 Å². The molecule has 1 aliphatic rings. The Kier molecular flexibility index (Phi) is 7.02. The average Bonchev–Trinajstić information content (AvgIpc) is 3.34. The fraction of sp³-hybridized carbons (Fsp3) is 0.320. The van der Waals surface area contributed by atoms with Gasteiger partial charge in [-0.1, -0.05) is 30.3 Å². The Morgan fingerprint density at radius 2 is 1.88 bits per heavy atom. The van der Waals surface area contributed by atoms with E-state index in [-0.39, 0.29) is 18.5 Å². The molecule has 0 spiro atoms. The van der Waals surface area contributed by atoms with Crippen molar-refractivity contribution in [1.82, 2.24) is 10.3 Å². The standard InChI is InChI=1S/C25H27FN4O3/c1-2-33-23(31)16-21(17-8-4-3-5-9-17)28-25(32)27-19-14-18-10-11-22(30-12-6-7-13-30)29-24(18)20(26)15-19/h3-5,8-11,14-15,21H,2,6-7,12-13,16H2,1H3,(H2,27,28,32)/t21-/m0/s1. The zero-order valence-electron chi connectivity index (χ0n) is 18.5. The number of amides is 2. The number of pyridine rings is 1. The molecule has 2 N–H and O–H groups in total. The summed E-state index contributed by atoms with van der Waals surface area (Å²) in [7, 11) is 0. The maximum atomic E-state index is 14.8. The van der Waals surface area contributed by atoms with Gasteiger partial charge in [-0.05, 0) is 49.6 Å². The van der Waals surface area contributed by atoms with E-state index in [9.17, 15) is 14.0 Å². The smallest absolute Gasteiger partial charge is 0.319 e. The molecule has 4 rings (SSSR count). The molecule has 0 radical (unpaired) electrons. The summed E-state index contributed by atoms with van der Waals surface area (Å²) in [6.45, 7) is 3.84. The first kappa shape index (κ1) is 22.5. The number of urea groups is 1. The summed E-state index contributed by atoms with van der Waals surface area (Å²) in [5.41, 5.74) is 1.34. The lowest BCUT2D eigenvalue weighted by Gasteiger charge is -2.19. The van der Waals surface area contributed by atoms with E-state index in [1.165, 1.54) is 6.07 Å². The summed E-state index contributed by atoms with van der Waals surface area (Å²) in [4.78, 5) is 31.3. The number of aromatic nitrogens is 1. The zero-order chi connectivity index (χ0) is 23.2. The van der Waals surface area contributed by atoms with Gasteiger partial charge in [0, 0.05) is 24.2 Å². The molecule has 1 saturated heterocycles. The molecular formula is C25H27FN4O3. The van der Waals surface area contributed by atoms with Crippen molar-refractivity contribution in [2.75, 3.05) is 29.9 Å². The maximum Gasteiger partial charge on any atom is 0.319 e. The van der Waals surface area contributed by atoms with Crippen molar-refractivity contribution in [3.63, 3.8) is 0 Å². The molecule has 0 saturated carbocycles. The predicted octanol–water partition coefficient (Wildman–Crippen LogP) is 4.79. The highest BCUT2D eigenvalue weighted by Gasteiger charge is 2.20. The molecule has 0 aliphatic carbocycles. The molecule has 2 heterocycles. The second kappa shape index (κ2) is 10.3. The highest BCUT2D eigenvalue weighted by molar-refractivity contribution is 5.93. The number of halogens is 1. The Balaban J connectivity index is 1.49. The third-order valence-electron chi connectivity index (χ3n) is 5.60. The zero-order valence-corrected chi connectivity index (χ0v) is 18.5. The van der Waals surface area contributed by atoms with Gasteiger partial charge in [-0.15, -0.1) is 0 Å². The fourth-order valence-electron chi connectivity index (χ4n) is 4.03. The fourth-order valence-corrected chi connectivity index (χ4v) is 4.03. The topological polar surface area (TPSA) is 83.6 Å². The molecule has 3 aromatic rings. The number of hydrogen-bond acceptors (Lipinski definition) is 5. The van der Waals surface area contributed by atoms with E-state index in [0.717, 1.165) is 37.3 Å². The number of esters is 1. The van der Waals surface area contributed by atoms with Gasteiger partial charge in [-0.3, -0.25) is 4.79 Å². The van der Waals surface area contributed by atoms with Crippen LogP contribution in [0.5, 0.6) is 0 Å². The normalized spacial score (nSPS) is 14.2. The summed E-state index contributed by atoms with van der Waals surface area (Å²) in [5, 5.41) is 6.06. The van der Waals surface area contributed by atoms with Gasteiger partial charge in [0.25, 0.3) is 0 Å². The Hall–Kier alpha value is -3.68. The molecule has 1 atom stereocenters. The number of hydrogen-bond donors (Lipinski definition) is 2. The van der Waals surface area contributed by atoms with Crippen LogP contribution < -0.4 is 15.5 Å². The van der Waals surface area contributed by atoms with E-state index in [0.29, 0.717) is 11.1 Å². The summed E-state index contributed by atoms with van der Waals surface area (Å²) < 4.78 is 19.9.